The molecule has 3 aromatic rings. The predicted octanol–water partition coefficient (Wildman–Crippen LogP) is 2.19. The molecule has 0 spiro atoms. The summed E-state index contributed by atoms with van der Waals surface area (Å²) >= 11 is 1.41. The molecule has 0 saturated carbocycles. The van der Waals surface area contributed by atoms with Crippen molar-refractivity contribution < 1.29 is 9.59 Å². The van der Waals surface area contributed by atoms with Gasteiger partial charge in [0.1, 0.15) is 5.56 Å². The van der Waals surface area contributed by atoms with Crippen molar-refractivity contribution >= 4 is 34.1 Å². The normalized spacial score (nSPS) is 14.6. The Morgan fingerprint density at radius 2 is 1.62 bits per heavy atom. The van der Waals surface area contributed by atoms with E-state index in [1.54, 1.807) is 28.0 Å². The molecule has 3 heterocycles. The van der Waals surface area contributed by atoms with Gasteiger partial charge in [-0.15, -0.1) is 11.3 Å². The number of aromatic amines is 1. The number of hydrogen-bond donors (Lipinski definition) is 1. The molecule has 0 bridgehead atoms. The Morgan fingerprint density at radius 1 is 0.923 bits per heavy atom. The van der Waals surface area contributed by atoms with Crippen molar-refractivity contribution in [2.45, 2.75) is 0 Å². The van der Waals surface area contributed by atoms with Crippen LogP contribution in [0.2, 0.25) is 0 Å². The number of pyridine rings is 1. The van der Waals surface area contributed by atoms with Crippen LogP contribution in [0.3, 0.4) is 0 Å². The van der Waals surface area contributed by atoms with Crippen LogP contribution < -0.4 is 5.56 Å². The Labute approximate surface area is 153 Å². The molecule has 2 aromatic heterocycles. The van der Waals surface area contributed by atoms with Gasteiger partial charge in [-0.3, -0.25) is 14.4 Å². The van der Waals surface area contributed by atoms with Crippen LogP contribution in [0.5, 0.6) is 0 Å². The molecule has 1 saturated heterocycles. The highest BCUT2D eigenvalue weighted by atomic mass is 32.1. The van der Waals surface area contributed by atoms with Crippen molar-refractivity contribution in [3.63, 3.8) is 0 Å². The number of aromatic nitrogens is 1. The molecule has 1 aliphatic rings. The minimum Gasteiger partial charge on any atom is -0.335 e. The van der Waals surface area contributed by atoms with Gasteiger partial charge in [0.05, 0.1) is 4.88 Å². The molecule has 6 nitrogen and oxygen atoms in total. The number of nitrogens with zero attached hydrogens (tertiary/aromatic N) is 2. The third-order valence-corrected chi connectivity index (χ3v) is 5.43. The zero-order valence-corrected chi connectivity index (χ0v) is 14.8. The first-order valence-electron chi connectivity index (χ1n) is 8.37. The fraction of sp³-hybridized carbons (Fsp3) is 0.211. The number of carbonyl (C=O) groups is 2. The number of H-pyrrole nitrogens is 1. The standard InChI is InChI=1S/C19H17N3O3S/c23-17-14(12-13-4-1-2-5-15(13)20-17)18(24)21-7-9-22(10-8-21)19(25)16-6-3-11-26-16/h1-6,11-12H,7-10H2,(H,20,23). The summed E-state index contributed by atoms with van der Waals surface area (Å²) in [6.45, 7) is 1.77. The quantitative estimate of drug-likeness (QED) is 0.755. The number of nitrogens with one attached hydrogen (secondary N) is 1. The Bertz CT molecular complexity index is 1020. The average molecular weight is 367 g/mol. The predicted molar refractivity (Wildman–Crippen MR) is 101 cm³/mol. The second-order valence-corrected chi connectivity index (χ2v) is 7.11. The van der Waals surface area contributed by atoms with Crippen LogP contribution in [0.1, 0.15) is 20.0 Å². The van der Waals surface area contributed by atoms with Crippen LogP contribution in [0.4, 0.5) is 0 Å². The second-order valence-electron chi connectivity index (χ2n) is 6.16. The highest BCUT2D eigenvalue weighted by Crippen LogP contribution is 2.16. The number of benzene rings is 1. The van der Waals surface area contributed by atoms with Crippen molar-refractivity contribution in [1.29, 1.82) is 0 Å². The van der Waals surface area contributed by atoms with Crippen LogP contribution >= 0.6 is 11.3 Å². The lowest BCUT2D eigenvalue weighted by molar-refractivity contribution is 0.0537. The first-order chi connectivity index (χ1) is 12.6. The van der Waals surface area contributed by atoms with E-state index in [9.17, 15) is 14.4 Å². The Balaban J connectivity index is 1.49. The van der Waals surface area contributed by atoms with Crippen molar-refractivity contribution in [2.24, 2.45) is 0 Å². The van der Waals surface area contributed by atoms with E-state index < -0.39 is 0 Å². The van der Waals surface area contributed by atoms with E-state index in [1.807, 2.05) is 29.6 Å². The van der Waals surface area contributed by atoms with E-state index in [2.05, 4.69) is 4.98 Å². The summed E-state index contributed by atoms with van der Waals surface area (Å²) < 4.78 is 0. The first-order valence-corrected chi connectivity index (χ1v) is 9.25. The first kappa shape index (κ1) is 16.5. The lowest BCUT2D eigenvalue weighted by atomic mass is 10.1. The molecule has 0 radical (unpaired) electrons. The zero-order chi connectivity index (χ0) is 18.1. The van der Waals surface area contributed by atoms with Crippen LogP contribution in [-0.2, 0) is 0 Å². The van der Waals surface area contributed by atoms with Gasteiger partial charge in [0, 0.05) is 31.7 Å². The molecule has 132 valence electrons. The van der Waals surface area contributed by atoms with Crippen molar-refractivity contribution in [2.75, 3.05) is 26.2 Å². The maximum Gasteiger partial charge on any atom is 0.264 e. The fourth-order valence-electron chi connectivity index (χ4n) is 3.15. The van der Waals surface area contributed by atoms with E-state index >= 15 is 0 Å². The van der Waals surface area contributed by atoms with Crippen molar-refractivity contribution in [3.8, 4) is 0 Å². The summed E-state index contributed by atoms with van der Waals surface area (Å²) in [5.41, 5.74) is 0.466. The number of fused-ring (bicyclic) bond motifs is 1. The van der Waals surface area contributed by atoms with E-state index in [-0.39, 0.29) is 22.9 Å². The van der Waals surface area contributed by atoms with Crippen molar-refractivity contribution in [1.82, 2.24) is 14.8 Å². The van der Waals surface area contributed by atoms with E-state index in [0.717, 1.165) is 5.39 Å². The van der Waals surface area contributed by atoms with Gasteiger partial charge in [-0.25, -0.2) is 0 Å². The van der Waals surface area contributed by atoms with Gasteiger partial charge < -0.3 is 14.8 Å². The second kappa shape index (κ2) is 6.76. The minimum atomic E-state index is -0.384. The van der Waals surface area contributed by atoms with Gasteiger partial charge in [0.2, 0.25) is 0 Å². The molecule has 26 heavy (non-hydrogen) atoms. The maximum atomic E-state index is 12.8. The average Bonchev–Trinajstić information content (AvgIpc) is 3.21. The molecular weight excluding hydrogens is 350 g/mol. The lowest BCUT2D eigenvalue weighted by Crippen LogP contribution is -2.51. The van der Waals surface area contributed by atoms with Gasteiger partial charge in [0.15, 0.2) is 0 Å². The third kappa shape index (κ3) is 3.01. The Hall–Kier alpha value is -2.93. The largest absolute Gasteiger partial charge is 0.335 e. The van der Waals surface area contributed by atoms with Gasteiger partial charge in [-0.2, -0.15) is 0 Å². The number of hydrogen-bond acceptors (Lipinski definition) is 4. The zero-order valence-electron chi connectivity index (χ0n) is 14.0. The van der Waals surface area contributed by atoms with Crippen LogP contribution in [0.15, 0.2) is 52.6 Å². The molecule has 1 aliphatic heterocycles. The molecule has 0 atom stereocenters. The van der Waals surface area contributed by atoms with Crippen molar-refractivity contribution in [3.05, 3.63) is 68.6 Å². The third-order valence-electron chi connectivity index (χ3n) is 4.57. The number of piperazine rings is 1. The molecule has 0 aliphatic carbocycles. The molecule has 7 heteroatoms. The molecule has 2 amide bonds. The van der Waals surface area contributed by atoms with Gasteiger partial charge in [-0.1, -0.05) is 24.3 Å². The summed E-state index contributed by atoms with van der Waals surface area (Å²) in [4.78, 5) is 44.3. The van der Waals surface area contributed by atoms with Crippen LogP contribution in [-0.4, -0.2) is 52.8 Å². The van der Waals surface area contributed by atoms with Crippen LogP contribution in [0.25, 0.3) is 10.9 Å². The molecule has 1 fully saturated rings. The molecular formula is C19H17N3O3S. The molecule has 0 unspecified atom stereocenters. The smallest absolute Gasteiger partial charge is 0.264 e. The van der Waals surface area contributed by atoms with E-state index in [1.165, 1.54) is 11.3 Å². The SMILES string of the molecule is O=C(c1cccs1)N1CCN(C(=O)c2cc3ccccc3[nH]c2=O)CC1. The van der Waals surface area contributed by atoms with Gasteiger partial charge in [-0.05, 0) is 29.0 Å². The summed E-state index contributed by atoms with van der Waals surface area (Å²) in [5.74, 6) is -0.295. The fourth-order valence-corrected chi connectivity index (χ4v) is 3.84. The van der Waals surface area contributed by atoms with Gasteiger partial charge >= 0.3 is 0 Å². The molecule has 1 N–H and O–H groups in total. The summed E-state index contributed by atoms with van der Waals surface area (Å²) in [5, 5.41) is 2.70. The number of amides is 2. The summed E-state index contributed by atoms with van der Waals surface area (Å²) in [6.07, 6.45) is 0. The Kier molecular flexibility index (Phi) is 4.30. The molecule has 4 rings (SSSR count). The van der Waals surface area contributed by atoms with Crippen LogP contribution in [0, 0.1) is 0 Å². The number of para-hydroxylation sites is 1. The summed E-state index contributed by atoms with van der Waals surface area (Å²) in [6, 6.07) is 12.7. The van der Waals surface area contributed by atoms with E-state index in [4.69, 9.17) is 0 Å². The number of carbonyl (C=O) groups excluding carboxylic acids is 2. The maximum absolute atomic E-state index is 12.8. The number of rotatable bonds is 2. The summed E-state index contributed by atoms with van der Waals surface area (Å²) in [7, 11) is 0. The highest BCUT2D eigenvalue weighted by Gasteiger charge is 2.27. The highest BCUT2D eigenvalue weighted by molar-refractivity contribution is 7.12. The number of thiophene rings is 1. The molecule has 1 aromatic carbocycles. The lowest BCUT2D eigenvalue weighted by Gasteiger charge is -2.34. The minimum absolute atomic E-state index is 0.00403. The van der Waals surface area contributed by atoms with Gasteiger partial charge in [0.25, 0.3) is 17.4 Å². The Morgan fingerprint density at radius 3 is 2.31 bits per heavy atom. The monoisotopic (exact) mass is 367 g/mol. The topological polar surface area (TPSA) is 73.5 Å². The van der Waals surface area contributed by atoms with E-state index in [0.29, 0.717) is 36.6 Å².